The lowest BCUT2D eigenvalue weighted by atomic mass is 9.74. The molecule has 9 aromatic rings. The topological polar surface area (TPSA) is 16.4 Å². The number of furan rings is 1. The van der Waals surface area contributed by atoms with E-state index in [0.29, 0.717) is 0 Å². The maximum Gasteiger partial charge on any atom is 0.135 e. The summed E-state index contributed by atoms with van der Waals surface area (Å²) in [5.41, 5.74) is 11.5. The molecule has 0 atom stereocenters. The summed E-state index contributed by atoms with van der Waals surface area (Å²) in [6.07, 6.45) is 0. The van der Waals surface area contributed by atoms with Gasteiger partial charge in [0.05, 0.1) is 0 Å². The van der Waals surface area contributed by atoms with Gasteiger partial charge in [-0.2, -0.15) is 0 Å². The number of benzene rings is 7. The summed E-state index contributed by atoms with van der Waals surface area (Å²) >= 11 is 1.85. The van der Waals surface area contributed by atoms with Crippen molar-refractivity contribution in [3.63, 3.8) is 0 Å². The second-order valence-corrected chi connectivity index (χ2v) is 13.7. The molecule has 2 nitrogen and oxygen atoms in total. The largest absolute Gasteiger partial charge is 0.456 e. The molecular formula is C44H29NOS. The maximum atomic E-state index is 6.46. The van der Waals surface area contributed by atoms with Crippen molar-refractivity contribution < 1.29 is 4.42 Å². The van der Waals surface area contributed by atoms with Gasteiger partial charge in [0.2, 0.25) is 0 Å². The molecule has 1 aliphatic carbocycles. The quantitative estimate of drug-likeness (QED) is 0.195. The smallest absolute Gasteiger partial charge is 0.135 e. The Balaban J connectivity index is 1.16. The Morgan fingerprint density at radius 1 is 0.468 bits per heavy atom. The fraction of sp³-hybridized carbons (Fsp3) is 0.0455. The summed E-state index contributed by atoms with van der Waals surface area (Å²) in [6, 6.07) is 57.3. The summed E-state index contributed by atoms with van der Waals surface area (Å²) in [5.74, 6) is 0. The van der Waals surface area contributed by atoms with Crippen LogP contribution in [0, 0.1) is 0 Å². The highest BCUT2D eigenvalue weighted by molar-refractivity contribution is 7.25. The first kappa shape index (κ1) is 26.6. The molecule has 222 valence electrons. The normalized spacial score (nSPS) is 13.4. The standard InChI is InChI=1S/C44H29NOS/c1-44(38-16-8-5-13-32(38)33-14-6-9-17-39(33)44)28-19-23-40-36(25-28)37-26-30(21-24-41(37)46-40)45(29-11-3-2-4-12-29)31-20-22-35-34-15-7-10-18-42(34)47-43(35)27-31/h2-27H,1H3. The zero-order chi connectivity index (χ0) is 31.1. The molecule has 0 radical (unpaired) electrons. The van der Waals surface area contributed by atoms with Gasteiger partial charge in [0, 0.05) is 53.4 Å². The first-order valence-corrected chi connectivity index (χ1v) is 16.9. The lowest BCUT2D eigenvalue weighted by Crippen LogP contribution is -2.22. The van der Waals surface area contributed by atoms with E-state index in [4.69, 9.17) is 4.42 Å². The van der Waals surface area contributed by atoms with Crippen molar-refractivity contribution >= 4 is 70.5 Å². The Labute approximate surface area is 276 Å². The highest BCUT2D eigenvalue weighted by Crippen LogP contribution is 2.53. The average molecular weight is 620 g/mol. The van der Waals surface area contributed by atoms with Crippen molar-refractivity contribution in [2.24, 2.45) is 0 Å². The summed E-state index contributed by atoms with van der Waals surface area (Å²) < 4.78 is 9.06. The second-order valence-electron chi connectivity index (χ2n) is 12.7. The van der Waals surface area contributed by atoms with E-state index in [1.165, 1.54) is 48.0 Å². The molecule has 0 aliphatic heterocycles. The van der Waals surface area contributed by atoms with Gasteiger partial charge in [-0.05, 0) is 95.4 Å². The minimum atomic E-state index is -0.266. The Hall–Kier alpha value is -5.64. The Bertz CT molecular complexity index is 2620. The fourth-order valence-corrected chi connectivity index (χ4v) is 9.00. The molecule has 47 heavy (non-hydrogen) atoms. The van der Waals surface area contributed by atoms with Gasteiger partial charge >= 0.3 is 0 Å². The van der Waals surface area contributed by atoms with Crippen molar-refractivity contribution in [3.05, 3.63) is 174 Å². The molecule has 10 rings (SSSR count). The van der Waals surface area contributed by atoms with Crippen LogP contribution in [-0.4, -0.2) is 0 Å². The van der Waals surface area contributed by atoms with Gasteiger partial charge in [-0.3, -0.25) is 0 Å². The number of rotatable bonds is 4. The number of para-hydroxylation sites is 1. The van der Waals surface area contributed by atoms with Crippen molar-refractivity contribution in [1.29, 1.82) is 0 Å². The first-order chi connectivity index (χ1) is 23.2. The molecule has 2 aromatic heterocycles. The van der Waals surface area contributed by atoms with Gasteiger partial charge in [-0.25, -0.2) is 0 Å². The third-order valence-electron chi connectivity index (χ3n) is 10.1. The third-order valence-corrected chi connectivity index (χ3v) is 11.3. The molecule has 7 aromatic carbocycles. The molecule has 0 fully saturated rings. The Morgan fingerprint density at radius 3 is 1.85 bits per heavy atom. The number of anilines is 3. The molecule has 0 bridgehead atoms. The summed E-state index contributed by atoms with van der Waals surface area (Å²) in [5, 5.41) is 4.87. The molecule has 0 N–H and O–H groups in total. The molecule has 0 unspecified atom stereocenters. The summed E-state index contributed by atoms with van der Waals surface area (Å²) in [7, 11) is 0. The molecule has 0 saturated carbocycles. The molecule has 0 amide bonds. The number of hydrogen-bond donors (Lipinski definition) is 0. The predicted molar refractivity (Wildman–Crippen MR) is 199 cm³/mol. The van der Waals surface area contributed by atoms with Crippen LogP contribution >= 0.6 is 11.3 Å². The SMILES string of the molecule is CC1(c2ccc3oc4ccc(N(c5ccccc5)c5ccc6c(c5)sc5ccccc56)cc4c3c2)c2ccccc2-c2ccccc21. The highest BCUT2D eigenvalue weighted by atomic mass is 32.1. The zero-order valence-electron chi connectivity index (χ0n) is 25.8. The second kappa shape index (κ2) is 9.93. The Kier molecular flexibility index (Phi) is 5.61. The van der Waals surface area contributed by atoms with E-state index in [9.17, 15) is 0 Å². The molecule has 3 heteroatoms. The minimum absolute atomic E-state index is 0.266. The lowest BCUT2D eigenvalue weighted by molar-refractivity contribution is 0.667. The van der Waals surface area contributed by atoms with Crippen molar-refractivity contribution in [2.45, 2.75) is 12.3 Å². The molecular weight excluding hydrogens is 591 g/mol. The van der Waals surface area contributed by atoms with Gasteiger partial charge < -0.3 is 9.32 Å². The van der Waals surface area contributed by atoms with Crippen molar-refractivity contribution in [3.8, 4) is 11.1 Å². The number of nitrogens with zero attached hydrogens (tertiary/aromatic N) is 1. The van der Waals surface area contributed by atoms with Gasteiger partial charge in [-0.15, -0.1) is 11.3 Å². The number of fused-ring (bicyclic) bond motifs is 9. The summed E-state index contributed by atoms with van der Waals surface area (Å²) in [6.45, 7) is 2.37. The van der Waals surface area contributed by atoms with E-state index < -0.39 is 0 Å². The summed E-state index contributed by atoms with van der Waals surface area (Å²) in [4.78, 5) is 2.36. The van der Waals surface area contributed by atoms with Crippen LogP contribution in [0.15, 0.2) is 162 Å². The zero-order valence-corrected chi connectivity index (χ0v) is 26.6. The van der Waals surface area contributed by atoms with Crippen LogP contribution in [0.4, 0.5) is 17.1 Å². The average Bonchev–Trinajstić information content (AvgIpc) is 3.77. The van der Waals surface area contributed by atoms with Crippen LogP contribution in [0.2, 0.25) is 0 Å². The van der Waals surface area contributed by atoms with Gasteiger partial charge in [0.25, 0.3) is 0 Å². The van der Waals surface area contributed by atoms with E-state index >= 15 is 0 Å². The van der Waals surface area contributed by atoms with E-state index in [1.54, 1.807) is 0 Å². The van der Waals surface area contributed by atoms with Crippen molar-refractivity contribution in [2.75, 3.05) is 4.90 Å². The monoisotopic (exact) mass is 619 g/mol. The molecule has 0 spiro atoms. The Morgan fingerprint density at radius 2 is 1.06 bits per heavy atom. The highest BCUT2D eigenvalue weighted by Gasteiger charge is 2.40. The third kappa shape index (κ3) is 3.84. The molecule has 1 aliphatic rings. The first-order valence-electron chi connectivity index (χ1n) is 16.1. The van der Waals surface area contributed by atoms with E-state index in [-0.39, 0.29) is 5.41 Å². The van der Waals surface area contributed by atoms with Gasteiger partial charge in [0.15, 0.2) is 0 Å². The fourth-order valence-electron chi connectivity index (χ4n) is 7.86. The van der Waals surface area contributed by atoms with Gasteiger partial charge in [0.1, 0.15) is 11.2 Å². The minimum Gasteiger partial charge on any atom is -0.456 e. The molecule has 2 heterocycles. The lowest BCUT2D eigenvalue weighted by Gasteiger charge is -2.28. The van der Waals surface area contributed by atoms with Crippen LogP contribution in [0.25, 0.3) is 53.2 Å². The van der Waals surface area contributed by atoms with Gasteiger partial charge in [-0.1, -0.05) is 97.1 Å². The van der Waals surface area contributed by atoms with Crippen LogP contribution in [0.3, 0.4) is 0 Å². The van der Waals surface area contributed by atoms with E-state index in [1.807, 2.05) is 11.3 Å². The van der Waals surface area contributed by atoms with Crippen LogP contribution < -0.4 is 4.90 Å². The number of thiophene rings is 1. The number of hydrogen-bond acceptors (Lipinski definition) is 3. The van der Waals surface area contributed by atoms with Crippen LogP contribution in [-0.2, 0) is 5.41 Å². The predicted octanol–water partition coefficient (Wildman–Crippen LogP) is 12.8. The van der Waals surface area contributed by atoms with Crippen LogP contribution in [0.1, 0.15) is 23.6 Å². The van der Waals surface area contributed by atoms with Crippen LogP contribution in [0.5, 0.6) is 0 Å². The van der Waals surface area contributed by atoms with E-state index in [2.05, 4.69) is 170 Å². The maximum absolute atomic E-state index is 6.46. The van der Waals surface area contributed by atoms with E-state index in [0.717, 1.165) is 39.0 Å². The van der Waals surface area contributed by atoms with Crippen molar-refractivity contribution in [1.82, 2.24) is 0 Å². The molecule has 0 saturated heterocycles.